The monoisotopic (exact) mass is 383 g/mol. The van der Waals surface area contributed by atoms with E-state index in [0.29, 0.717) is 23.6 Å². The van der Waals surface area contributed by atoms with Gasteiger partial charge in [0.15, 0.2) is 0 Å². The summed E-state index contributed by atoms with van der Waals surface area (Å²) in [5.74, 6) is -0.123. The summed E-state index contributed by atoms with van der Waals surface area (Å²) in [7, 11) is 0. The van der Waals surface area contributed by atoms with Gasteiger partial charge in [-0.05, 0) is 47.0 Å². The molecule has 1 aromatic carbocycles. The summed E-state index contributed by atoms with van der Waals surface area (Å²) in [5, 5.41) is 9.93. The zero-order valence-electron chi connectivity index (χ0n) is 12.6. The molecule has 0 aliphatic rings. The molecule has 0 amide bonds. The van der Waals surface area contributed by atoms with Gasteiger partial charge in [0.05, 0.1) is 16.8 Å². The maximum absolute atomic E-state index is 11.2. The fourth-order valence-corrected chi connectivity index (χ4v) is 3.44. The van der Waals surface area contributed by atoms with Crippen molar-refractivity contribution in [2.75, 3.05) is 6.61 Å². The summed E-state index contributed by atoms with van der Waals surface area (Å²) in [6, 6.07) is 5.73. The van der Waals surface area contributed by atoms with Crippen molar-refractivity contribution in [2.45, 2.75) is 33.1 Å². The quantitative estimate of drug-likeness (QED) is 0.682. The number of hydrogen-bond donors (Lipinski definition) is 1. The second-order valence-corrected chi connectivity index (χ2v) is 6.65. The van der Waals surface area contributed by atoms with Crippen molar-refractivity contribution in [3.63, 3.8) is 0 Å². The fraction of sp³-hybridized carbons (Fsp3) is 0.375. The molecule has 2 aromatic rings. The van der Waals surface area contributed by atoms with Gasteiger partial charge in [-0.15, -0.1) is 11.3 Å². The summed E-state index contributed by atoms with van der Waals surface area (Å²) < 4.78 is 6.55. The first-order chi connectivity index (χ1) is 10.6. The Hall–Kier alpha value is -1.40. The first-order valence-electron chi connectivity index (χ1n) is 7.22. The first kappa shape index (κ1) is 17.0. The third-order valence-corrected chi connectivity index (χ3v) is 4.92. The highest BCUT2D eigenvalue weighted by atomic mass is 79.9. The van der Waals surface area contributed by atoms with E-state index in [4.69, 9.17) is 4.74 Å². The Kier molecular flexibility index (Phi) is 5.97. The van der Waals surface area contributed by atoms with Gasteiger partial charge in [0.2, 0.25) is 0 Å². The van der Waals surface area contributed by atoms with Gasteiger partial charge >= 0.3 is 5.97 Å². The largest absolute Gasteiger partial charge is 0.492 e. The molecular formula is C16H18BrNO3S. The lowest BCUT2D eigenvalue weighted by molar-refractivity contribution is 0.0701. The van der Waals surface area contributed by atoms with Crippen molar-refractivity contribution in [2.24, 2.45) is 0 Å². The van der Waals surface area contributed by atoms with Crippen molar-refractivity contribution in [3.8, 4) is 16.3 Å². The van der Waals surface area contributed by atoms with Crippen LogP contribution in [-0.4, -0.2) is 22.7 Å². The van der Waals surface area contributed by atoms with E-state index in [2.05, 4.69) is 27.8 Å². The first-order valence-corrected chi connectivity index (χ1v) is 8.83. The van der Waals surface area contributed by atoms with Gasteiger partial charge in [-0.3, -0.25) is 0 Å². The minimum absolute atomic E-state index is 0.317. The Morgan fingerprint density at radius 2 is 2.18 bits per heavy atom. The number of rotatable bonds is 7. The molecule has 0 bridgehead atoms. The van der Waals surface area contributed by atoms with Crippen LogP contribution >= 0.6 is 27.3 Å². The SMILES string of the molecule is CCCCOc1ccc(-c2nc(CC)c(C(=O)O)s2)cc1Br. The number of aromatic carboxylic acids is 1. The predicted molar refractivity (Wildman–Crippen MR) is 92.0 cm³/mol. The topological polar surface area (TPSA) is 59.4 Å². The maximum atomic E-state index is 11.2. The van der Waals surface area contributed by atoms with Crippen LogP contribution in [0.4, 0.5) is 0 Å². The standard InChI is InChI=1S/C16H18BrNO3S/c1-3-5-8-21-13-7-6-10(9-11(13)17)15-18-12(4-2)14(22-15)16(19)20/h6-7,9H,3-5,8H2,1-2H3,(H,19,20). The lowest BCUT2D eigenvalue weighted by Crippen LogP contribution is -1.97. The van der Waals surface area contributed by atoms with Gasteiger partial charge in [-0.25, -0.2) is 9.78 Å². The van der Waals surface area contributed by atoms with E-state index >= 15 is 0 Å². The summed E-state index contributed by atoms with van der Waals surface area (Å²) in [6.07, 6.45) is 2.71. The summed E-state index contributed by atoms with van der Waals surface area (Å²) in [5.41, 5.74) is 1.52. The highest BCUT2D eigenvalue weighted by molar-refractivity contribution is 9.10. The molecule has 1 aromatic heterocycles. The molecule has 22 heavy (non-hydrogen) atoms. The summed E-state index contributed by atoms with van der Waals surface area (Å²) in [6.45, 7) is 4.72. The molecule has 6 heteroatoms. The number of halogens is 1. The van der Waals surface area contributed by atoms with Crippen LogP contribution in [0.3, 0.4) is 0 Å². The summed E-state index contributed by atoms with van der Waals surface area (Å²) in [4.78, 5) is 16.0. The number of aromatic nitrogens is 1. The van der Waals surface area contributed by atoms with Gasteiger partial charge < -0.3 is 9.84 Å². The number of hydrogen-bond acceptors (Lipinski definition) is 4. The van der Waals surface area contributed by atoms with Crippen molar-refractivity contribution in [1.29, 1.82) is 0 Å². The fourth-order valence-electron chi connectivity index (χ4n) is 1.96. The Labute approximate surface area is 142 Å². The number of unbranched alkanes of at least 4 members (excludes halogenated alkanes) is 1. The van der Waals surface area contributed by atoms with Crippen molar-refractivity contribution < 1.29 is 14.6 Å². The number of nitrogens with zero attached hydrogens (tertiary/aromatic N) is 1. The van der Waals surface area contributed by atoms with Gasteiger partial charge in [0.25, 0.3) is 0 Å². The number of aryl methyl sites for hydroxylation is 1. The average Bonchev–Trinajstić information content (AvgIpc) is 2.93. The smallest absolute Gasteiger partial charge is 0.347 e. The van der Waals surface area contributed by atoms with E-state index in [1.807, 2.05) is 25.1 Å². The van der Waals surface area contributed by atoms with Crippen molar-refractivity contribution >= 4 is 33.2 Å². The Balaban J connectivity index is 2.26. The maximum Gasteiger partial charge on any atom is 0.347 e. The molecule has 0 saturated heterocycles. The highest BCUT2D eigenvalue weighted by Crippen LogP contribution is 2.34. The third-order valence-electron chi connectivity index (χ3n) is 3.16. The number of thiazole rings is 1. The van der Waals surface area contributed by atoms with Crippen molar-refractivity contribution in [1.82, 2.24) is 4.98 Å². The molecule has 4 nitrogen and oxygen atoms in total. The van der Waals surface area contributed by atoms with E-state index in [-0.39, 0.29) is 0 Å². The zero-order chi connectivity index (χ0) is 16.1. The van der Waals surface area contributed by atoms with Gasteiger partial charge in [0.1, 0.15) is 15.6 Å². The minimum Gasteiger partial charge on any atom is -0.492 e. The molecule has 0 spiro atoms. The number of benzene rings is 1. The van der Waals surface area contributed by atoms with Crippen molar-refractivity contribution in [3.05, 3.63) is 33.2 Å². The van der Waals surface area contributed by atoms with Crippen LogP contribution in [0.2, 0.25) is 0 Å². The van der Waals surface area contributed by atoms with E-state index in [1.165, 1.54) is 11.3 Å². The normalized spacial score (nSPS) is 10.7. The van der Waals surface area contributed by atoms with Crippen LogP contribution in [0.1, 0.15) is 42.1 Å². The minimum atomic E-state index is -0.917. The molecule has 2 rings (SSSR count). The Morgan fingerprint density at radius 3 is 2.73 bits per heavy atom. The van der Waals surface area contributed by atoms with E-state index in [0.717, 1.165) is 33.6 Å². The summed E-state index contributed by atoms with van der Waals surface area (Å²) >= 11 is 4.71. The molecule has 1 heterocycles. The van der Waals surface area contributed by atoms with Gasteiger partial charge in [0, 0.05) is 5.56 Å². The van der Waals surface area contributed by atoms with Crippen LogP contribution in [-0.2, 0) is 6.42 Å². The van der Waals surface area contributed by atoms with E-state index < -0.39 is 5.97 Å². The molecule has 1 N–H and O–H groups in total. The second kappa shape index (κ2) is 7.74. The van der Waals surface area contributed by atoms with E-state index in [1.54, 1.807) is 0 Å². The highest BCUT2D eigenvalue weighted by Gasteiger charge is 2.17. The van der Waals surface area contributed by atoms with Crippen LogP contribution in [0, 0.1) is 0 Å². The number of ether oxygens (including phenoxy) is 1. The Bertz CT molecular complexity index is 669. The van der Waals surface area contributed by atoms with E-state index in [9.17, 15) is 9.90 Å². The molecule has 0 unspecified atom stereocenters. The molecule has 0 fully saturated rings. The van der Waals surface area contributed by atoms with Gasteiger partial charge in [-0.2, -0.15) is 0 Å². The predicted octanol–water partition coefficient (Wildman–Crippen LogP) is 5.01. The molecule has 0 radical (unpaired) electrons. The average molecular weight is 384 g/mol. The zero-order valence-corrected chi connectivity index (χ0v) is 15.0. The van der Waals surface area contributed by atoms with Crippen LogP contribution < -0.4 is 4.74 Å². The molecular weight excluding hydrogens is 366 g/mol. The lowest BCUT2D eigenvalue weighted by Gasteiger charge is -2.08. The molecule has 0 atom stereocenters. The third kappa shape index (κ3) is 3.87. The van der Waals surface area contributed by atoms with Crippen LogP contribution in [0.15, 0.2) is 22.7 Å². The lowest BCUT2D eigenvalue weighted by atomic mass is 10.2. The number of carboxylic acids is 1. The molecule has 118 valence electrons. The number of carbonyl (C=O) groups is 1. The van der Waals surface area contributed by atoms with Crippen LogP contribution in [0.5, 0.6) is 5.75 Å². The molecule has 0 aliphatic heterocycles. The van der Waals surface area contributed by atoms with Gasteiger partial charge in [-0.1, -0.05) is 20.3 Å². The van der Waals surface area contributed by atoms with Crippen LogP contribution in [0.25, 0.3) is 10.6 Å². The molecule has 0 saturated carbocycles. The second-order valence-electron chi connectivity index (χ2n) is 4.80. The molecule has 0 aliphatic carbocycles. The number of carboxylic acid groups (broad SMARTS) is 1. The Morgan fingerprint density at radius 1 is 1.41 bits per heavy atom.